The number of piperidine rings is 1. The molecule has 3 aromatic rings. The minimum atomic E-state index is -0.0115. The average Bonchev–Trinajstić information content (AvgIpc) is 3.41. The fourth-order valence-corrected chi connectivity index (χ4v) is 4.27. The summed E-state index contributed by atoms with van der Waals surface area (Å²) >= 11 is 1.64. The van der Waals surface area contributed by atoms with Crippen LogP contribution in [0, 0.1) is 19.8 Å². The molecule has 0 saturated carbocycles. The van der Waals surface area contributed by atoms with E-state index in [9.17, 15) is 4.79 Å². The van der Waals surface area contributed by atoms with Gasteiger partial charge in [-0.3, -0.25) is 4.79 Å². The molecule has 0 radical (unpaired) electrons. The van der Waals surface area contributed by atoms with E-state index in [0.717, 1.165) is 54.4 Å². The minimum Gasteiger partial charge on any atom is -0.356 e. The lowest BCUT2D eigenvalue weighted by Gasteiger charge is -2.32. The van der Waals surface area contributed by atoms with Crippen LogP contribution in [-0.4, -0.2) is 44.1 Å². The molecule has 3 aromatic heterocycles. The number of thiazole rings is 1. The van der Waals surface area contributed by atoms with Crippen LogP contribution in [0.5, 0.6) is 0 Å². The lowest BCUT2D eigenvalue weighted by Crippen LogP contribution is -2.41. The summed E-state index contributed by atoms with van der Waals surface area (Å²) in [7, 11) is 0. The Labute approximate surface area is 179 Å². The number of hydrogen-bond donors (Lipinski definition) is 1. The van der Waals surface area contributed by atoms with Gasteiger partial charge in [-0.05, 0) is 33.1 Å². The van der Waals surface area contributed by atoms with Gasteiger partial charge in [0.2, 0.25) is 5.91 Å². The molecule has 1 saturated heterocycles. The monoisotopic (exact) mass is 427 g/mol. The molecule has 0 spiro atoms. The molecule has 1 N–H and O–H groups in total. The van der Waals surface area contributed by atoms with E-state index in [1.165, 1.54) is 0 Å². The molecule has 0 bridgehead atoms. The van der Waals surface area contributed by atoms with Gasteiger partial charge in [-0.25, -0.2) is 15.0 Å². The molecule has 0 atom stereocenters. The Balaban J connectivity index is 1.38. The Bertz CT molecular complexity index is 1020. The summed E-state index contributed by atoms with van der Waals surface area (Å²) in [6, 6.07) is 0. The van der Waals surface area contributed by atoms with Crippen LogP contribution in [0.25, 0.3) is 11.5 Å². The topological polar surface area (TPSA) is 110 Å². The molecule has 0 unspecified atom stereocenters. The number of amides is 1. The molecule has 158 valence electrons. The number of nitrogens with zero attached hydrogens (tertiary/aromatic N) is 6. The summed E-state index contributed by atoms with van der Waals surface area (Å²) in [5.41, 5.74) is 1.65. The minimum absolute atomic E-state index is 0.0115. The van der Waals surface area contributed by atoms with Crippen molar-refractivity contribution in [3.63, 3.8) is 0 Å². The summed E-state index contributed by atoms with van der Waals surface area (Å²) in [5, 5.41) is 10.0. The highest BCUT2D eigenvalue weighted by Crippen LogP contribution is 2.30. The van der Waals surface area contributed by atoms with Gasteiger partial charge >= 0.3 is 0 Å². The number of anilines is 1. The van der Waals surface area contributed by atoms with E-state index in [0.29, 0.717) is 24.1 Å². The number of aryl methyl sites for hydroxylation is 3. The fraction of sp³-hybridized carbons (Fsp3) is 0.500. The molecule has 10 heteroatoms. The number of carbonyl (C=O) groups is 1. The van der Waals surface area contributed by atoms with Crippen molar-refractivity contribution in [2.45, 2.75) is 46.6 Å². The second kappa shape index (κ2) is 8.86. The van der Waals surface area contributed by atoms with Crippen molar-refractivity contribution in [2.24, 2.45) is 5.92 Å². The number of hydrogen-bond acceptors (Lipinski definition) is 9. The smallest absolute Gasteiger partial charge is 0.263 e. The molecule has 1 aliphatic heterocycles. The summed E-state index contributed by atoms with van der Waals surface area (Å²) < 4.78 is 5.33. The molecule has 1 fully saturated rings. The lowest BCUT2D eigenvalue weighted by molar-refractivity contribution is -0.125. The lowest BCUT2D eigenvalue weighted by atomic mass is 9.95. The molecule has 0 aromatic carbocycles. The van der Waals surface area contributed by atoms with Crippen LogP contribution >= 0.6 is 11.3 Å². The normalized spacial score (nSPS) is 14.8. The van der Waals surface area contributed by atoms with Crippen LogP contribution < -0.4 is 10.2 Å². The molecule has 4 rings (SSSR count). The maximum absolute atomic E-state index is 12.6. The molecule has 4 heterocycles. The third-order valence-corrected chi connectivity index (χ3v) is 6.20. The van der Waals surface area contributed by atoms with Crippen LogP contribution in [-0.2, 0) is 17.8 Å². The van der Waals surface area contributed by atoms with Gasteiger partial charge < -0.3 is 14.7 Å². The van der Waals surface area contributed by atoms with Gasteiger partial charge in [0.05, 0.1) is 17.2 Å². The second-order valence-corrected chi connectivity index (χ2v) is 8.31. The van der Waals surface area contributed by atoms with Gasteiger partial charge in [0.25, 0.3) is 5.89 Å². The number of aromatic nitrogens is 5. The number of carbonyl (C=O) groups excluding carboxylic acids is 1. The highest BCUT2D eigenvalue weighted by Gasteiger charge is 2.28. The summed E-state index contributed by atoms with van der Waals surface area (Å²) in [6.45, 7) is 7.66. The van der Waals surface area contributed by atoms with Crippen molar-refractivity contribution in [1.29, 1.82) is 0 Å². The van der Waals surface area contributed by atoms with Crippen molar-refractivity contribution in [3.8, 4) is 11.5 Å². The third-order valence-electron chi connectivity index (χ3n) is 5.16. The van der Waals surface area contributed by atoms with Crippen molar-refractivity contribution in [2.75, 3.05) is 18.0 Å². The highest BCUT2D eigenvalue weighted by atomic mass is 32.1. The molecular formula is C20H25N7O2S. The SMILES string of the molecule is CCc1nc(CNC(=O)C2CCN(c3nc(C)ncc3-c3nc(C)no3)CC2)cs1. The zero-order valence-corrected chi connectivity index (χ0v) is 18.2. The molecule has 1 aliphatic rings. The van der Waals surface area contributed by atoms with E-state index in [1.54, 1.807) is 24.5 Å². The second-order valence-electron chi connectivity index (χ2n) is 7.37. The highest BCUT2D eigenvalue weighted by molar-refractivity contribution is 7.09. The quantitative estimate of drug-likeness (QED) is 0.639. The molecule has 9 nitrogen and oxygen atoms in total. The van der Waals surface area contributed by atoms with Crippen LogP contribution in [0.2, 0.25) is 0 Å². The zero-order chi connectivity index (χ0) is 21.1. The molecule has 30 heavy (non-hydrogen) atoms. The van der Waals surface area contributed by atoms with E-state index >= 15 is 0 Å². The fourth-order valence-electron chi connectivity index (χ4n) is 3.52. The Morgan fingerprint density at radius 3 is 2.70 bits per heavy atom. The van der Waals surface area contributed by atoms with Crippen molar-refractivity contribution >= 4 is 23.1 Å². The first kappa shape index (κ1) is 20.4. The van der Waals surface area contributed by atoms with E-state index in [1.807, 2.05) is 12.3 Å². The molecule has 0 aliphatic carbocycles. The Kier molecular flexibility index (Phi) is 6.03. The van der Waals surface area contributed by atoms with Gasteiger partial charge in [0.15, 0.2) is 5.82 Å². The van der Waals surface area contributed by atoms with Gasteiger partial charge in [0.1, 0.15) is 17.2 Å². The van der Waals surface area contributed by atoms with E-state index < -0.39 is 0 Å². The van der Waals surface area contributed by atoms with Crippen LogP contribution in [0.1, 0.15) is 42.1 Å². The van der Waals surface area contributed by atoms with Crippen molar-refractivity contribution < 1.29 is 9.32 Å². The Morgan fingerprint density at radius 2 is 2.03 bits per heavy atom. The van der Waals surface area contributed by atoms with Gasteiger partial charge in [-0.1, -0.05) is 12.1 Å². The summed E-state index contributed by atoms with van der Waals surface area (Å²) in [6.07, 6.45) is 4.16. The third kappa shape index (κ3) is 4.48. The first-order chi connectivity index (χ1) is 14.5. The van der Waals surface area contributed by atoms with Gasteiger partial charge in [-0.15, -0.1) is 11.3 Å². The van der Waals surface area contributed by atoms with Crippen LogP contribution in [0.15, 0.2) is 16.1 Å². The van der Waals surface area contributed by atoms with Gasteiger partial charge in [0, 0.05) is 30.6 Å². The molecule has 1 amide bonds. The summed E-state index contributed by atoms with van der Waals surface area (Å²) in [4.78, 5) is 32.5. The van der Waals surface area contributed by atoms with E-state index in [4.69, 9.17) is 4.52 Å². The number of rotatable bonds is 6. The zero-order valence-electron chi connectivity index (χ0n) is 17.4. The Hall–Kier alpha value is -2.88. The first-order valence-electron chi connectivity index (χ1n) is 10.1. The predicted octanol–water partition coefficient (Wildman–Crippen LogP) is 2.70. The molecular weight excluding hydrogens is 402 g/mol. The van der Waals surface area contributed by atoms with Crippen LogP contribution in [0.4, 0.5) is 5.82 Å². The largest absolute Gasteiger partial charge is 0.356 e. The van der Waals surface area contributed by atoms with Crippen LogP contribution in [0.3, 0.4) is 0 Å². The van der Waals surface area contributed by atoms with Crippen molar-refractivity contribution in [3.05, 3.63) is 33.9 Å². The maximum Gasteiger partial charge on any atom is 0.263 e. The van der Waals surface area contributed by atoms with E-state index in [-0.39, 0.29) is 11.8 Å². The van der Waals surface area contributed by atoms with E-state index in [2.05, 4.69) is 42.2 Å². The predicted molar refractivity (Wildman–Crippen MR) is 113 cm³/mol. The standard InChI is InChI=1S/C20H25N7O2S/c1-4-17-25-15(11-30-17)9-22-19(28)14-5-7-27(8-6-14)18-16(10-21-12(2)23-18)20-24-13(3)26-29-20/h10-11,14H,4-9H2,1-3H3,(H,22,28). The summed E-state index contributed by atoms with van der Waals surface area (Å²) in [5.74, 6) is 2.52. The maximum atomic E-state index is 12.6. The van der Waals surface area contributed by atoms with Crippen molar-refractivity contribution in [1.82, 2.24) is 30.4 Å². The Morgan fingerprint density at radius 1 is 1.23 bits per heavy atom. The number of nitrogens with one attached hydrogen (secondary N) is 1. The first-order valence-corrected chi connectivity index (χ1v) is 11.0. The average molecular weight is 428 g/mol. The van der Waals surface area contributed by atoms with Gasteiger partial charge in [-0.2, -0.15) is 4.98 Å².